The standard InChI is InChI=1S/C13H17N5O/c1-18-11-5-3-2-4-10(11)17-12(18)8-14-13(19)9-6-15-16-7-9/h2-5,9,15-16H,6-8H2,1H3,(H,14,19). The van der Waals surface area contributed by atoms with E-state index in [0.717, 1.165) is 16.9 Å². The normalized spacial score (nSPS) is 16.1. The molecule has 3 N–H and O–H groups in total. The molecule has 1 saturated heterocycles. The number of carbonyl (C=O) groups excluding carboxylic acids is 1. The summed E-state index contributed by atoms with van der Waals surface area (Å²) in [4.78, 5) is 16.4. The SMILES string of the molecule is Cn1c(CNC(=O)C2CNNC2)nc2ccccc21. The molecule has 2 heterocycles. The number of para-hydroxylation sites is 2. The topological polar surface area (TPSA) is 71.0 Å². The lowest BCUT2D eigenvalue weighted by molar-refractivity contribution is -0.124. The fourth-order valence-electron chi connectivity index (χ4n) is 2.31. The first-order valence-corrected chi connectivity index (χ1v) is 6.39. The first-order valence-electron chi connectivity index (χ1n) is 6.39. The lowest BCUT2D eigenvalue weighted by Crippen LogP contribution is -2.33. The van der Waals surface area contributed by atoms with Gasteiger partial charge in [-0.3, -0.25) is 15.6 Å². The zero-order valence-electron chi connectivity index (χ0n) is 10.8. The van der Waals surface area contributed by atoms with Crippen LogP contribution in [0.1, 0.15) is 5.82 Å². The van der Waals surface area contributed by atoms with Crippen LogP contribution in [-0.2, 0) is 18.4 Å². The molecule has 100 valence electrons. The van der Waals surface area contributed by atoms with E-state index in [-0.39, 0.29) is 11.8 Å². The van der Waals surface area contributed by atoms with Crippen LogP contribution in [0.25, 0.3) is 11.0 Å². The third kappa shape index (κ3) is 2.32. The molecule has 1 aromatic carbocycles. The van der Waals surface area contributed by atoms with Gasteiger partial charge in [-0.1, -0.05) is 12.1 Å². The van der Waals surface area contributed by atoms with Gasteiger partial charge in [-0.15, -0.1) is 0 Å². The van der Waals surface area contributed by atoms with Crippen LogP contribution >= 0.6 is 0 Å². The Kier molecular flexibility index (Phi) is 3.18. The molecule has 0 unspecified atom stereocenters. The van der Waals surface area contributed by atoms with Crippen LogP contribution in [0.15, 0.2) is 24.3 Å². The Morgan fingerprint density at radius 2 is 2.16 bits per heavy atom. The molecule has 19 heavy (non-hydrogen) atoms. The molecule has 1 fully saturated rings. The highest BCUT2D eigenvalue weighted by Gasteiger charge is 2.22. The maximum Gasteiger partial charge on any atom is 0.226 e. The number of nitrogens with one attached hydrogen (secondary N) is 3. The number of imidazole rings is 1. The van der Waals surface area contributed by atoms with E-state index >= 15 is 0 Å². The van der Waals surface area contributed by atoms with E-state index in [1.807, 2.05) is 35.9 Å². The van der Waals surface area contributed by atoms with E-state index < -0.39 is 0 Å². The first-order chi connectivity index (χ1) is 9.25. The van der Waals surface area contributed by atoms with Crippen molar-refractivity contribution in [2.75, 3.05) is 13.1 Å². The molecule has 6 nitrogen and oxygen atoms in total. The maximum atomic E-state index is 11.9. The van der Waals surface area contributed by atoms with Gasteiger partial charge in [-0.05, 0) is 12.1 Å². The van der Waals surface area contributed by atoms with Crippen LogP contribution in [0.5, 0.6) is 0 Å². The Labute approximate surface area is 111 Å². The van der Waals surface area contributed by atoms with Crippen molar-refractivity contribution >= 4 is 16.9 Å². The van der Waals surface area contributed by atoms with Crippen LogP contribution in [0.4, 0.5) is 0 Å². The van der Waals surface area contributed by atoms with Gasteiger partial charge in [0.25, 0.3) is 0 Å². The van der Waals surface area contributed by atoms with E-state index in [4.69, 9.17) is 0 Å². The molecule has 3 rings (SSSR count). The van der Waals surface area contributed by atoms with Crippen molar-refractivity contribution in [2.45, 2.75) is 6.54 Å². The van der Waals surface area contributed by atoms with Gasteiger partial charge in [0.15, 0.2) is 0 Å². The minimum Gasteiger partial charge on any atom is -0.349 e. The summed E-state index contributed by atoms with van der Waals surface area (Å²) in [5.41, 5.74) is 7.94. The number of hydrazine groups is 1. The van der Waals surface area contributed by atoms with Crippen molar-refractivity contribution in [3.63, 3.8) is 0 Å². The summed E-state index contributed by atoms with van der Waals surface area (Å²) in [6.45, 7) is 1.81. The highest BCUT2D eigenvalue weighted by Crippen LogP contribution is 2.14. The van der Waals surface area contributed by atoms with Gasteiger partial charge in [-0.25, -0.2) is 4.98 Å². The number of nitrogens with zero attached hydrogens (tertiary/aromatic N) is 2. The molecule has 0 aliphatic carbocycles. The van der Waals surface area contributed by atoms with Gasteiger partial charge >= 0.3 is 0 Å². The van der Waals surface area contributed by atoms with E-state index in [1.54, 1.807) is 0 Å². The Hall–Kier alpha value is -1.92. The van der Waals surface area contributed by atoms with Gasteiger partial charge < -0.3 is 9.88 Å². The van der Waals surface area contributed by atoms with Gasteiger partial charge in [0, 0.05) is 20.1 Å². The smallest absolute Gasteiger partial charge is 0.226 e. The lowest BCUT2D eigenvalue weighted by Gasteiger charge is -2.09. The fourth-order valence-corrected chi connectivity index (χ4v) is 2.31. The molecule has 0 radical (unpaired) electrons. The molecule has 6 heteroatoms. The molecule has 0 saturated carbocycles. The van der Waals surface area contributed by atoms with Crippen LogP contribution in [0, 0.1) is 5.92 Å². The van der Waals surface area contributed by atoms with Crippen molar-refractivity contribution < 1.29 is 4.79 Å². The summed E-state index contributed by atoms with van der Waals surface area (Å²) in [5.74, 6) is 0.924. The molecule has 1 aromatic heterocycles. The Morgan fingerprint density at radius 1 is 1.42 bits per heavy atom. The monoisotopic (exact) mass is 259 g/mol. The molecular formula is C13H17N5O. The Balaban J connectivity index is 1.71. The van der Waals surface area contributed by atoms with E-state index in [2.05, 4.69) is 21.2 Å². The number of hydrogen-bond acceptors (Lipinski definition) is 4. The van der Waals surface area contributed by atoms with E-state index in [1.165, 1.54) is 0 Å². The molecule has 0 bridgehead atoms. The summed E-state index contributed by atoms with van der Waals surface area (Å²) >= 11 is 0. The van der Waals surface area contributed by atoms with Crippen LogP contribution < -0.4 is 16.2 Å². The Bertz CT molecular complexity index is 600. The summed E-state index contributed by atoms with van der Waals surface area (Å²) in [5, 5.41) is 2.94. The second kappa shape index (κ2) is 4.99. The highest BCUT2D eigenvalue weighted by atomic mass is 16.2. The van der Waals surface area contributed by atoms with Gasteiger partial charge in [0.05, 0.1) is 23.5 Å². The zero-order chi connectivity index (χ0) is 13.2. The average Bonchev–Trinajstić information content (AvgIpc) is 3.05. The van der Waals surface area contributed by atoms with Crippen molar-refractivity contribution in [3.8, 4) is 0 Å². The predicted octanol–water partition coefficient (Wildman–Crippen LogP) is -0.0865. The van der Waals surface area contributed by atoms with Crippen molar-refractivity contribution in [3.05, 3.63) is 30.1 Å². The maximum absolute atomic E-state index is 11.9. The quantitative estimate of drug-likeness (QED) is 0.720. The summed E-state index contributed by atoms with van der Waals surface area (Å²) in [7, 11) is 1.97. The summed E-state index contributed by atoms with van der Waals surface area (Å²) < 4.78 is 2.01. The molecular weight excluding hydrogens is 242 g/mol. The molecule has 0 spiro atoms. The van der Waals surface area contributed by atoms with Crippen LogP contribution in [-0.4, -0.2) is 28.5 Å². The van der Waals surface area contributed by atoms with Crippen molar-refractivity contribution in [2.24, 2.45) is 13.0 Å². The number of aromatic nitrogens is 2. The summed E-state index contributed by atoms with van der Waals surface area (Å²) in [6, 6.07) is 7.96. The lowest BCUT2D eigenvalue weighted by atomic mass is 10.1. The van der Waals surface area contributed by atoms with Crippen LogP contribution in [0.2, 0.25) is 0 Å². The third-order valence-electron chi connectivity index (χ3n) is 3.49. The number of fused-ring (bicyclic) bond motifs is 1. The van der Waals surface area contributed by atoms with Crippen LogP contribution in [0.3, 0.4) is 0 Å². The average molecular weight is 259 g/mol. The molecule has 1 aliphatic heterocycles. The summed E-state index contributed by atoms with van der Waals surface area (Å²) in [6.07, 6.45) is 0. The molecule has 0 atom stereocenters. The number of aryl methyl sites for hydroxylation is 1. The number of amides is 1. The minimum atomic E-state index is -0.00492. The van der Waals surface area contributed by atoms with E-state index in [0.29, 0.717) is 19.6 Å². The highest BCUT2D eigenvalue weighted by molar-refractivity contribution is 5.79. The second-order valence-corrected chi connectivity index (χ2v) is 4.75. The van der Waals surface area contributed by atoms with Gasteiger partial charge in [0.1, 0.15) is 5.82 Å². The number of benzene rings is 1. The molecule has 1 aliphatic rings. The van der Waals surface area contributed by atoms with Crippen molar-refractivity contribution in [1.29, 1.82) is 0 Å². The minimum absolute atomic E-state index is 0.00492. The Morgan fingerprint density at radius 3 is 2.89 bits per heavy atom. The third-order valence-corrected chi connectivity index (χ3v) is 3.49. The molecule has 2 aromatic rings. The predicted molar refractivity (Wildman–Crippen MR) is 72.1 cm³/mol. The van der Waals surface area contributed by atoms with Gasteiger partial charge in [0.2, 0.25) is 5.91 Å². The fraction of sp³-hybridized carbons (Fsp3) is 0.385. The largest absolute Gasteiger partial charge is 0.349 e. The number of rotatable bonds is 3. The van der Waals surface area contributed by atoms with E-state index in [9.17, 15) is 4.79 Å². The zero-order valence-corrected chi connectivity index (χ0v) is 10.8. The number of hydrogen-bond donors (Lipinski definition) is 3. The van der Waals surface area contributed by atoms with Crippen molar-refractivity contribution in [1.82, 2.24) is 25.7 Å². The number of carbonyl (C=O) groups is 1. The first kappa shape index (κ1) is 12.1. The molecule has 1 amide bonds. The van der Waals surface area contributed by atoms with Gasteiger partial charge in [-0.2, -0.15) is 0 Å². The second-order valence-electron chi connectivity index (χ2n) is 4.75.